The van der Waals surface area contributed by atoms with Gasteiger partial charge < -0.3 is 9.80 Å². The summed E-state index contributed by atoms with van der Waals surface area (Å²) >= 11 is 0. The lowest BCUT2D eigenvalue weighted by Gasteiger charge is -2.24. The van der Waals surface area contributed by atoms with E-state index in [2.05, 4.69) is 0 Å². The molecular formula is C14H21N3O5S. The maximum Gasteiger partial charge on any atom is 0.293 e. The van der Waals surface area contributed by atoms with E-state index in [0.29, 0.717) is 13.1 Å². The largest absolute Gasteiger partial charge is 0.360 e. The fraction of sp³-hybridized carbons (Fsp3) is 0.500. The first-order valence-corrected chi connectivity index (χ1v) is 8.98. The number of likely N-dealkylation sites (N-methyl/N-ethyl adjacent to an activating group) is 2. The van der Waals surface area contributed by atoms with Crippen molar-refractivity contribution in [2.24, 2.45) is 0 Å². The van der Waals surface area contributed by atoms with Crippen LogP contribution < -0.4 is 4.90 Å². The molecule has 0 saturated heterocycles. The summed E-state index contributed by atoms with van der Waals surface area (Å²) in [6.07, 6.45) is 0.985. The van der Waals surface area contributed by atoms with Crippen LogP contribution in [-0.4, -0.2) is 57.1 Å². The van der Waals surface area contributed by atoms with Crippen LogP contribution in [0.5, 0.6) is 0 Å². The van der Waals surface area contributed by atoms with Crippen molar-refractivity contribution in [3.05, 3.63) is 28.3 Å². The molecule has 128 valence electrons. The molecule has 0 atom stereocenters. The molecule has 0 N–H and O–H groups in total. The summed E-state index contributed by atoms with van der Waals surface area (Å²) < 4.78 is 23.1. The van der Waals surface area contributed by atoms with Gasteiger partial charge in [-0.2, -0.15) is 0 Å². The predicted molar refractivity (Wildman–Crippen MR) is 87.4 cm³/mol. The smallest absolute Gasteiger partial charge is 0.293 e. The number of carbonyl (C=O) groups is 1. The van der Waals surface area contributed by atoms with E-state index >= 15 is 0 Å². The molecule has 0 aliphatic heterocycles. The van der Waals surface area contributed by atoms with Gasteiger partial charge in [-0.05, 0) is 26.0 Å². The van der Waals surface area contributed by atoms with Gasteiger partial charge in [0.2, 0.25) is 5.91 Å². The number of nitrogens with zero attached hydrogens (tertiary/aromatic N) is 3. The maximum absolute atomic E-state index is 12.1. The highest BCUT2D eigenvalue weighted by molar-refractivity contribution is 7.90. The number of carbonyl (C=O) groups excluding carboxylic acids is 1. The minimum Gasteiger partial charge on any atom is -0.360 e. The molecule has 1 amide bonds. The van der Waals surface area contributed by atoms with Crippen molar-refractivity contribution in [2.75, 3.05) is 37.8 Å². The van der Waals surface area contributed by atoms with Crippen LogP contribution in [0.25, 0.3) is 0 Å². The standard InChI is InChI=1S/C14H21N3O5S/c1-5-16(6-2)14(18)10-15(3)12-8-7-11(23(4,21)22)9-13(12)17(19)20/h7-9H,5-6,10H2,1-4H3. The van der Waals surface area contributed by atoms with Crippen LogP contribution in [0.2, 0.25) is 0 Å². The Morgan fingerprint density at radius 1 is 1.26 bits per heavy atom. The molecule has 0 saturated carbocycles. The average Bonchev–Trinajstić information content (AvgIpc) is 2.46. The van der Waals surface area contributed by atoms with Gasteiger partial charge in [-0.3, -0.25) is 14.9 Å². The Balaban J connectivity index is 3.16. The Kier molecular flexibility index (Phi) is 6.08. The summed E-state index contributed by atoms with van der Waals surface area (Å²) in [5.41, 5.74) is -0.148. The first kappa shape index (κ1) is 18.9. The zero-order valence-electron chi connectivity index (χ0n) is 13.6. The minimum absolute atomic E-state index is 0.0270. The first-order chi connectivity index (χ1) is 10.6. The Morgan fingerprint density at radius 3 is 2.26 bits per heavy atom. The second-order valence-corrected chi connectivity index (χ2v) is 7.12. The molecule has 0 spiro atoms. The second kappa shape index (κ2) is 7.40. The lowest BCUT2D eigenvalue weighted by atomic mass is 10.2. The van der Waals surface area contributed by atoms with Crippen LogP contribution in [0.15, 0.2) is 23.1 Å². The highest BCUT2D eigenvalue weighted by Gasteiger charge is 2.23. The molecular weight excluding hydrogens is 322 g/mol. The van der Waals surface area contributed by atoms with Gasteiger partial charge in [0.25, 0.3) is 5.69 Å². The highest BCUT2D eigenvalue weighted by Crippen LogP contribution is 2.30. The molecule has 8 nitrogen and oxygen atoms in total. The topological polar surface area (TPSA) is 101 Å². The summed E-state index contributed by atoms with van der Waals surface area (Å²) in [6.45, 7) is 4.78. The number of hydrogen-bond acceptors (Lipinski definition) is 6. The van der Waals surface area contributed by atoms with Crippen LogP contribution in [0.1, 0.15) is 13.8 Å². The molecule has 23 heavy (non-hydrogen) atoms. The van der Waals surface area contributed by atoms with Gasteiger partial charge in [-0.1, -0.05) is 0 Å². The van der Waals surface area contributed by atoms with Gasteiger partial charge in [-0.25, -0.2) is 8.42 Å². The zero-order valence-corrected chi connectivity index (χ0v) is 14.5. The van der Waals surface area contributed by atoms with Crippen LogP contribution in [-0.2, 0) is 14.6 Å². The number of rotatable bonds is 7. The van der Waals surface area contributed by atoms with Crippen LogP contribution in [0.3, 0.4) is 0 Å². The van der Waals surface area contributed by atoms with Crippen molar-refractivity contribution in [3.8, 4) is 0 Å². The number of benzene rings is 1. The molecule has 1 rings (SSSR count). The number of sulfone groups is 1. The van der Waals surface area contributed by atoms with E-state index in [0.717, 1.165) is 12.3 Å². The van der Waals surface area contributed by atoms with E-state index in [1.165, 1.54) is 17.0 Å². The fourth-order valence-corrected chi connectivity index (χ4v) is 2.81. The molecule has 0 aromatic heterocycles. The van der Waals surface area contributed by atoms with Crippen molar-refractivity contribution in [2.45, 2.75) is 18.7 Å². The minimum atomic E-state index is -3.54. The van der Waals surface area contributed by atoms with Crippen LogP contribution in [0, 0.1) is 10.1 Å². The normalized spacial score (nSPS) is 11.1. The zero-order chi connectivity index (χ0) is 17.8. The third-order valence-electron chi connectivity index (χ3n) is 3.47. The SMILES string of the molecule is CCN(CC)C(=O)CN(C)c1ccc(S(C)(=O)=O)cc1[N+](=O)[O-]. The Morgan fingerprint density at radius 2 is 1.83 bits per heavy atom. The van der Waals surface area contributed by atoms with Crippen molar-refractivity contribution in [3.63, 3.8) is 0 Å². The molecule has 9 heteroatoms. The summed E-state index contributed by atoms with van der Waals surface area (Å²) in [4.78, 5) is 25.6. The molecule has 0 unspecified atom stereocenters. The van der Waals surface area contributed by atoms with Gasteiger partial charge in [0.1, 0.15) is 5.69 Å². The number of nitro benzene ring substituents is 1. The number of hydrogen-bond donors (Lipinski definition) is 0. The molecule has 0 aliphatic rings. The monoisotopic (exact) mass is 343 g/mol. The van der Waals surface area contributed by atoms with Crippen LogP contribution >= 0.6 is 0 Å². The van der Waals surface area contributed by atoms with Crippen molar-refractivity contribution in [1.82, 2.24) is 4.90 Å². The Labute approximate surface area is 135 Å². The lowest BCUT2D eigenvalue weighted by Crippen LogP contribution is -2.39. The summed E-state index contributed by atoms with van der Waals surface area (Å²) in [5, 5.41) is 11.2. The summed E-state index contributed by atoms with van der Waals surface area (Å²) in [7, 11) is -1.98. The predicted octanol–water partition coefficient (Wildman–Crippen LogP) is 1.30. The van der Waals surface area contributed by atoms with E-state index in [1.54, 1.807) is 11.9 Å². The molecule has 0 heterocycles. The van der Waals surface area contributed by atoms with E-state index in [4.69, 9.17) is 0 Å². The summed E-state index contributed by atoms with van der Waals surface area (Å²) in [5.74, 6) is -0.154. The molecule has 1 aromatic rings. The molecule has 0 fully saturated rings. The van der Waals surface area contributed by atoms with Gasteiger partial charge in [0.15, 0.2) is 9.84 Å². The lowest BCUT2D eigenvalue weighted by molar-refractivity contribution is -0.384. The van der Waals surface area contributed by atoms with Gasteiger partial charge in [-0.15, -0.1) is 0 Å². The Hall–Kier alpha value is -2.16. The van der Waals surface area contributed by atoms with Gasteiger partial charge in [0, 0.05) is 32.5 Å². The van der Waals surface area contributed by atoms with E-state index in [1.807, 2.05) is 13.8 Å². The van der Waals surface area contributed by atoms with E-state index in [-0.39, 0.29) is 28.7 Å². The fourth-order valence-electron chi connectivity index (χ4n) is 2.17. The highest BCUT2D eigenvalue weighted by atomic mass is 32.2. The van der Waals surface area contributed by atoms with E-state index < -0.39 is 14.8 Å². The Bertz CT molecular complexity index is 698. The van der Waals surface area contributed by atoms with E-state index in [9.17, 15) is 23.3 Å². The molecule has 0 bridgehead atoms. The first-order valence-electron chi connectivity index (χ1n) is 7.09. The number of anilines is 1. The van der Waals surface area contributed by atoms with Crippen LogP contribution in [0.4, 0.5) is 11.4 Å². The summed E-state index contributed by atoms with van der Waals surface area (Å²) in [6, 6.07) is 3.67. The van der Waals surface area contributed by atoms with Crippen molar-refractivity contribution in [1.29, 1.82) is 0 Å². The third kappa shape index (κ3) is 4.65. The number of nitro groups is 1. The van der Waals surface area contributed by atoms with Crippen molar-refractivity contribution < 1.29 is 18.1 Å². The molecule has 0 radical (unpaired) electrons. The quantitative estimate of drug-likeness (QED) is 0.546. The number of amides is 1. The van der Waals surface area contributed by atoms with Gasteiger partial charge >= 0.3 is 0 Å². The second-order valence-electron chi connectivity index (χ2n) is 5.10. The van der Waals surface area contributed by atoms with Gasteiger partial charge in [0.05, 0.1) is 16.4 Å². The van der Waals surface area contributed by atoms with Crippen molar-refractivity contribution >= 4 is 27.1 Å². The average molecular weight is 343 g/mol. The maximum atomic E-state index is 12.1. The molecule has 1 aromatic carbocycles. The third-order valence-corrected chi connectivity index (χ3v) is 4.58. The molecule has 0 aliphatic carbocycles.